The van der Waals surface area contributed by atoms with E-state index in [2.05, 4.69) is 9.88 Å². The van der Waals surface area contributed by atoms with Crippen molar-refractivity contribution in [2.45, 2.75) is 32.0 Å². The molecule has 1 saturated carbocycles. The van der Waals surface area contributed by atoms with Gasteiger partial charge in [-0.05, 0) is 41.7 Å². The molecule has 2 atom stereocenters. The highest BCUT2D eigenvalue weighted by molar-refractivity contribution is 5.58. The molecule has 1 aromatic heterocycles. The maximum absolute atomic E-state index is 10.9. The van der Waals surface area contributed by atoms with Crippen LogP contribution in [0, 0.1) is 16.0 Å². The number of nitrogens with zero attached hydrogens (tertiary/aromatic N) is 3. The van der Waals surface area contributed by atoms with E-state index in [1.807, 2.05) is 6.92 Å². The second-order valence-electron chi connectivity index (χ2n) is 5.57. The molecule has 0 aromatic carbocycles. The van der Waals surface area contributed by atoms with Crippen molar-refractivity contribution in [3.63, 3.8) is 0 Å². The van der Waals surface area contributed by atoms with E-state index >= 15 is 0 Å². The Balaban J connectivity index is 1.83. The van der Waals surface area contributed by atoms with Crippen molar-refractivity contribution in [2.75, 3.05) is 23.7 Å². The van der Waals surface area contributed by atoms with Gasteiger partial charge in [0.1, 0.15) is 5.69 Å². The first kappa shape index (κ1) is 13.1. The highest BCUT2D eigenvalue weighted by Gasteiger charge is 2.38. The number of aromatic nitrogens is 1. The summed E-state index contributed by atoms with van der Waals surface area (Å²) in [6, 6.07) is 3.29. The third-order valence-electron chi connectivity index (χ3n) is 3.82. The second-order valence-corrected chi connectivity index (χ2v) is 5.57. The summed E-state index contributed by atoms with van der Waals surface area (Å²) in [6.07, 6.45) is 2.73. The van der Waals surface area contributed by atoms with E-state index in [1.165, 1.54) is 12.8 Å². The van der Waals surface area contributed by atoms with Crippen LogP contribution in [0.1, 0.15) is 19.8 Å². The van der Waals surface area contributed by atoms with Gasteiger partial charge in [0.15, 0.2) is 0 Å². The van der Waals surface area contributed by atoms with Gasteiger partial charge < -0.3 is 25.5 Å². The lowest BCUT2D eigenvalue weighted by Crippen LogP contribution is -2.47. The summed E-state index contributed by atoms with van der Waals surface area (Å²) in [7, 11) is 0. The summed E-state index contributed by atoms with van der Waals surface area (Å²) >= 11 is 0. The van der Waals surface area contributed by atoms with Gasteiger partial charge in [0.25, 0.3) is 0 Å². The van der Waals surface area contributed by atoms with E-state index in [0.29, 0.717) is 18.3 Å². The lowest BCUT2D eigenvalue weighted by molar-refractivity contribution is -0.388. The Bertz CT molecular complexity index is 532. The van der Waals surface area contributed by atoms with Crippen LogP contribution in [0.2, 0.25) is 0 Å². The Labute approximate surface area is 116 Å². The molecule has 0 bridgehead atoms. The summed E-state index contributed by atoms with van der Waals surface area (Å²) in [4.78, 5) is 16.5. The molecule has 1 aromatic rings. The molecule has 0 spiro atoms. The molecule has 3 rings (SSSR count). The van der Waals surface area contributed by atoms with Crippen molar-refractivity contribution in [3.8, 4) is 0 Å². The zero-order chi connectivity index (χ0) is 14.3. The van der Waals surface area contributed by atoms with Crippen LogP contribution in [0.25, 0.3) is 0 Å². The highest BCUT2D eigenvalue weighted by Crippen LogP contribution is 2.37. The lowest BCUT2D eigenvalue weighted by Gasteiger charge is -2.36. The Morgan fingerprint density at radius 1 is 1.45 bits per heavy atom. The number of nitrogens with two attached hydrogens (primary N) is 1. The van der Waals surface area contributed by atoms with E-state index in [4.69, 9.17) is 10.5 Å². The topological polar surface area (TPSA) is 94.5 Å². The maximum atomic E-state index is 10.9. The first-order valence-corrected chi connectivity index (χ1v) is 6.86. The molecule has 2 N–H and O–H groups in total. The first-order valence-electron chi connectivity index (χ1n) is 6.86. The maximum Gasteiger partial charge on any atom is 0.388 e. The van der Waals surface area contributed by atoms with Crippen molar-refractivity contribution >= 4 is 17.3 Å². The van der Waals surface area contributed by atoms with Gasteiger partial charge in [0, 0.05) is 19.2 Å². The van der Waals surface area contributed by atoms with Crippen LogP contribution in [0.4, 0.5) is 17.3 Å². The molecule has 1 saturated heterocycles. The minimum Gasteiger partial charge on any atom is -0.392 e. The van der Waals surface area contributed by atoms with Gasteiger partial charge in [-0.3, -0.25) is 0 Å². The molecule has 20 heavy (non-hydrogen) atoms. The van der Waals surface area contributed by atoms with Crippen LogP contribution in [-0.2, 0) is 4.74 Å². The van der Waals surface area contributed by atoms with Gasteiger partial charge in [-0.25, -0.2) is 0 Å². The Hall–Kier alpha value is -1.89. The van der Waals surface area contributed by atoms with Crippen LogP contribution in [0.5, 0.6) is 0 Å². The number of nitrogen functional groups attached to an aromatic ring is 1. The number of hydrogen-bond acceptors (Lipinski definition) is 6. The minimum absolute atomic E-state index is 0.0961. The van der Waals surface area contributed by atoms with Crippen LogP contribution >= 0.6 is 0 Å². The molecule has 2 aliphatic rings. The third-order valence-corrected chi connectivity index (χ3v) is 3.82. The molecule has 2 heterocycles. The lowest BCUT2D eigenvalue weighted by atomic mass is 10.1. The van der Waals surface area contributed by atoms with Crippen molar-refractivity contribution in [3.05, 3.63) is 22.2 Å². The van der Waals surface area contributed by atoms with Gasteiger partial charge in [-0.2, -0.15) is 0 Å². The summed E-state index contributed by atoms with van der Waals surface area (Å²) in [5.41, 5.74) is 5.68. The quantitative estimate of drug-likeness (QED) is 0.666. The summed E-state index contributed by atoms with van der Waals surface area (Å²) < 4.78 is 5.94. The molecule has 1 aliphatic carbocycles. The average molecular weight is 278 g/mol. The van der Waals surface area contributed by atoms with Gasteiger partial charge in [0.2, 0.25) is 5.82 Å². The molecular formula is C13H18N4O3. The fraction of sp³-hybridized carbons (Fsp3) is 0.615. The second kappa shape index (κ2) is 4.90. The number of ether oxygens (including phenoxy) is 1. The Morgan fingerprint density at radius 2 is 2.20 bits per heavy atom. The zero-order valence-electron chi connectivity index (χ0n) is 11.4. The van der Waals surface area contributed by atoms with E-state index in [1.54, 1.807) is 12.1 Å². The monoisotopic (exact) mass is 278 g/mol. The van der Waals surface area contributed by atoms with Gasteiger partial charge >= 0.3 is 5.82 Å². The molecule has 0 radical (unpaired) electrons. The van der Waals surface area contributed by atoms with Crippen molar-refractivity contribution < 1.29 is 9.66 Å². The highest BCUT2D eigenvalue weighted by atomic mass is 16.6. The number of nitro groups is 1. The molecular weight excluding hydrogens is 260 g/mol. The smallest absolute Gasteiger partial charge is 0.388 e. The summed E-state index contributed by atoms with van der Waals surface area (Å²) in [6.45, 7) is 3.45. The van der Waals surface area contributed by atoms with Gasteiger partial charge in [-0.1, -0.05) is 0 Å². The van der Waals surface area contributed by atoms with Crippen LogP contribution in [0.15, 0.2) is 12.1 Å². The minimum atomic E-state index is -0.541. The average Bonchev–Trinajstić information content (AvgIpc) is 3.22. The van der Waals surface area contributed by atoms with Crippen LogP contribution < -0.4 is 10.6 Å². The third kappa shape index (κ3) is 2.53. The van der Waals surface area contributed by atoms with E-state index in [-0.39, 0.29) is 23.7 Å². The number of morpholine rings is 1. The van der Waals surface area contributed by atoms with E-state index < -0.39 is 4.92 Å². The number of anilines is 2. The number of hydrogen-bond donors (Lipinski definition) is 1. The molecule has 0 amide bonds. The fourth-order valence-corrected chi connectivity index (χ4v) is 2.67. The summed E-state index contributed by atoms with van der Waals surface area (Å²) in [5.74, 6) is 0.959. The largest absolute Gasteiger partial charge is 0.392 e. The van der Waals surface area contributed by atoms with Crippen molar-refractivity contribution in [1.82, 2.24) is 4.98 Å². The molecule has 7 nitrogen and oxygen atoms in total. The predicted molar refractivity (Wildman–Crippen MR) is 74.6 cm³/mol. The van der Waals surface area contributed by atoms with E-state index in [0.717, 1.165) is 6.54 Å². The van der Waals surface area contributed by atoms with Crippen LogP contribution in [-0.4, -0.2) is 35.2 Å². The normalized spacial score (nSPS) is 26.6. The predicted octanol–water partition coefficient (Wildman–Crippen LogP) is 1.58. The first-order chi connectivity index (χ1) is 9.54. The molecule has 7 heteroatoms. The SMILES string of the molecule is C[C@@H]1CN(c2ccc(N)c([N+](=O)[O-])n2)C[C@@H](C2CC2)O1. The molecule has 108 valence electrons. The molecule has 0 unspecified atom stereocenters. The van der Waals surface area contributed by atoms with E-state index in [9.17, 15) is 10.1 Å². The standard InChI is InChI=1S/C13H18N4O3/c1-8-6-16(7-11(20-8)9-2-3-9)12-5-4-10(14)13(15-12)17(18)19/h4-5,8-9,11H,2-3,6-7,14H2,1H3/t8-,11+/m1/s1. The van der Waals surface area contributed by atoms with Crippen molar-refractivity contribution in [1.29, 1.82) is 0 Å². The van der Waals surface area contributed by atoms with Crippen molar-refractivity contribution in [2.24, 2.45) is 5.92 Å². The number of pyridine rings is 1. The number of rotatable bonds is 3. The van der Waals surface area contributed by atoms with Gasteiger partial charge in [0.05, 0.1) is 12.2 Å². The Kier molecular flexibility index (Phi) is 3.21. The Morgan fingerprint density at radius 3 is 2.85 bits per heavy atom. The fourth-order valence-electron chi connectivity index (χ4n) is 2.67. The zero-order valence-corrected chi connectivity index (χ0v) is 11.4. The summed E-state index contributed by atoms with van der Waals surface area (Å²) in [5, 5.41) is 10.9. The molecule has 1 aliphatic heterocycles. The van der Waals surface area contributed by atoms with Crippen LogP contribution in [0.3, 0.4) is 0 Å². The molecule has 2 fully saturated rings. The van der Waals surface area contributed by atoms with Gasteiger partial charge in [-0.15, -0.1) is 0 Å².